The van der Waals surface area contributed by atoms with Crippen LogP contribution in [0.15, 0.2) is 32.3 Å². The first-order valence-electron chi connectivity index (χ1n) is 5.84. The fourth-order valence-corrected chi connectivity index (χ4v) is 2.73. The van der Waals surface area contributed by atoms with Gasteiger partial charge in [0.2, 0.25) is 0 Å². The van der Waals surface area contributed by atoms with Gasteiger partial charge in [-0.2, -0.15) is 0 Å². The third kappa shape index (κ3) is 1.81. The van der Waals surface area contributed by atoms with Crippen molar-refractivity contribution < 1.29 is 0 Å². The minimum absolute atomic E-state index is 0.190. The number of H-pyrrole nitrogens is 1. The quantitative estimate of drug-likeness (QED) is 0.835. The van der Waals surface area contributed by atoms with Crippen molar-refractivity contribution in [2.45, 2.75) is 19.0 Å². The molecule has 2 aromatic rings. The second kappa shape index (κ2) is 4.37. The Hall–Kier alpha value is -1.40. The summed E-state index contributed by atoms with van der Waals surface area (Å²) in [5.41, 5.74) is -0.0221. The van der Waals surface area contributed by atoms with Crippen molar-refractivity contribution in [1.82, 2.24) is 14.9 Å². The average Bonchev–Trinajstić information content (AvgIpc) is 2.84. The fraction of sp³-hybridized carbons (Fsp3) is 0.333. The highest BCUT2D eigenvalue weighted by atomic mass is 79.9. The number of aromatic amines is 1. The van der Waals surface area contributed by atoms with E-state index in [2.05, 4.69) is 26.2 Å². The highest BCUT2D eigenvalue weighted by Gasteiger charge is 2.20. The molecule has 1 aromatic carbocycles. The zero-order valence-corrected chi connectivity index (χ0v) is 11.2. The van der Waals surface area contributed by atoms with Gasteiger partial charge in [0, 0.05) is 4.47 Å². The van der Waals surface area contributed by atoms with Crippen LogP contribution in [0.25, 0.3) is 10.9 Å². The molecule has 1 fully saturated rings. The Morgan fingerprint density at radius 2 is 2.17 bits per heavy atom. The van der Waals surface area contributed by atoms with Crippen LogP contribution in [0.1, 0.15) is 19.0 Å². The molecule has 1 unspecified atom stereocenters. The van der Waals surface area contributed by atoms with E-state index in [9.17, 15) is 9.59 Å². The molecule has 0 amide bonds. The van der Waals surface area contributed by atoms with Crippen molar-refractivity contribution in [3.8, 4) is 0 Å². The molecule has 1 aliphatic rings. The molecule has 0 radical (unpaired) electrons. The third-order valence-corrected chi connectivity index (χ3v) is 3.73. The Morgan fingerprint density at radius 1 is 1.33 bits per heavy atom. The molecule has 1 aromatic heterocycles. The van der Waals surface area contributed by atoms with E-state index in [1.807, 2.05) is 0 Å². The van der Waals surface area contributed by atoms with Crippen molar-refractivity contribution in [3.05, 3.63) is 43.5 Å². The predicted octanol–water partition coefficient (Wildman–Crippen LogP) is 1.33. The average molecular weight is 310 g/mol. The number of halogens is 1. The van der Waals surface area contributed by atoms with Crippen molar-refractivity contribution >= 4 is 26.8 Å². The monoisotopic (exact) mass is 309 g/mol. The minimum Gasteiger partial charge on any atom is -0.307 e. The van der Waals surface area contributed by atoms with Gasteiger partial charge in [0.05, 0.1) is 17.1 Å². The molecule has 18 heavy (non-hydrogen) atoms. The Balaban J connectivity index is 2.32. The Bertz CT molecular complexity index is 713. The number of nitrogens with one attached hydrogen (secondary N) is 2. The van der Waals surface area contributed by atoms with Crippen LogP contribution in [-0.4, -0.2) is 16.1 Å². The Morgan fingerprint density at radius 3 is 2.89 bits per heavy atom. The second-order valence-corrected chi connectivity index (χ2v) is 5.32. The zero-order valence-electron chi connectivity index (χ0n) is 9.57. The highest BCUT2D eigenvalue weighted by molar-refractivity contribution is 9.10. The lowest BCUT2D eigenvalue weighted by atomic mass is 10.2. The molecular weight excluding hydrogens is 298 g/mol. The summed E-state index contributed by atoms with van der Waals surface area (Å²) in [5, 5.41) is 3.69. The summed E-state index contributed by atoms with van der Waals surface area (Å²) in [5.74, 6) is 0. The fourth-order valence-electron chi connectivity index (χ4n) is 2.37. The van der Waals surface area contributed by atoms with Gasteiger partial charge in [0.1, 0.15) is 0 Å². The number of hydrogen-bond donors (Lipinski definition) is 2. The summed E-state index contributed by atoms with van der Waals surface area (Å²) in [7, 11) is 0. The van der Waals surface area contributed by atoms with E-state index >= 15 is 0 Å². The summed E-state index contributed by atoms with van der Waals surface area (Å²) in [6.07, 6.45) is 1.60. The smallest absolute Gasteiger partial charge is 0.307 e. The van der Waals surface area contributed by atoms with Crippen molar-refractivity contribution in [2.75, 3.05) is 6.54 Å². The number of benzene rings is 1. The molecule has 0 spiro atoms. The van der Waals surface area contributed by atoms with Crippen LogP contribution in [-0.2, 0) is 0 Å². The van der Waals surface area contributed by atoms with Gasteiger partial charge in [0.25, 0.3) is 5.56 Å². The van der Waals surface area contributed by atoms with E-state index < -0.39 is 0 Å². The van der Waals surface area contributed by atoms with Gasteiger partial charge >= 0.3 is 5.69 Å². The molecule has 3 rings (SSSR count). The lowest BCUT2D eigenvalue weighted by Gasteiger charge is -2.13. The van der Waals surface area contributed by atoms with Crippen molar-refractivity contribution in [1.29, 1.82) is 0 Å². The maximum atomic E-state index is 12.4. The van der Waals surface area contributed by atoms with E-state index in [1.54, 1.807) is 18.2 Å². The van der Waals surface area contributed by atoms with Crippen LogP contribution in [0.3, 0.4) is 0 Å². The number of fused-ring (bicyclic) bond motifs is 1. The normalized spacial score (nSPS) is 19.5. The van der Waals surface area contributed by atoms with Crippen molar-refractivity contribution in [2.24, 2.45) is 0 Å². The predicted molar refractivity (Wildman–Crippen MR) is 72.8 cm³/mol. The summed E-state index contributed by atoms with van der Waals surface area (Å²) in [6.45, 7) is 0.840. The number of nitrogens with zero attached hydrogens (tertiary/aromatic N) is 1. The van der Waals surface area contributed by atoms with Crippen molar-refractivity contribution in [3.63, 3.8) is 0 Å². The molecule has 1 saturated heterocycles. The summed E-state index contributed by atoms with van der Waals surface area (Å²) in [4.78, 5) is 27.1. The summed E-state index contributed by atoms with van der Waals surface area (Å²) in [6, 6.07) is 5.27. The maximum absolute atomic E-state index is 12.4. The van der Waals surface area contributed by atoms with E-state index in [0.29, 0.717) is 10.9 Å². The largest absolute Gasteiger partial charge is 0.330 e. The molecule has 0 bridgehead atoms. The van der Waals surface area contributed by atoms with E-state index in [-0.39, 0.29) is 17.4 Å². The van der Waals surface area contributed by atoms with Gasteiger partial charge in [-0.1, -0.05) is 15.9 Å². The molecule has 1 aliphatic heterocycles. The Kier molecular flexibility index (Phi) is 2.83. The van der Waals surface area contributed by atoms with E-state index in [0.717, 1.165) is 23.9 Å². The topological polar surface area (TPSA) is 66.9 Å². The van der Waals surface area contributed by atoms with Crippen LogP contribution >= 0.6 is 15.9 Å². The van der Waals surface area contributed by atoms with Crippen LogP contribution < -0.4 is 16.6 Å². The van der Waals surface area contributed by atoms with Gasteiger partial charge in [-0.15, -0.1) is 0 Å². The van der Waals surface area contributed by atoms with Crippen LogP contribution in [0, 0.1) is 0 Å². The zero-order chi connectivity index (χ0) is 12.7. The second-order valence-electron chi connectivity index (χ2n) is 4.41. The van der Waals surface area contributed by atoms with Gasteiger partial charge in [0.15, 0.2) is 0 Å². The Labute approximate surface area is 111 Å². The number of hydrogen-bond acceptors (Lipinski definition) is 3. The number of aromatic nitrogens is 2. The standard InChI is InChI=1S/C12H12BrN3O2/c13-7-3-4-9-8(6-7)11(17)16(12(18)15-9)10-2-1-5-14-10/h3-4,6,10,14H,1-2,5H2,(H,15,18). The summed E-state index contributed by atoms with van der Waals surface area (Å²) < 4.78 is 2.10. The molecule has 0 aliphatic carbocycles. The minimum atomic E-state index is -0.353. The molecule has 2 heterocycles. The van der Waals surface area contributed by atoms with Crippen LogP contribution in [0.4, 0.5) is 0 Å². The van der Waals surface area contributed by atoms with Gasteiger partial charge in [-0.05, 0) is 37.6 Å². The molecule has 6 heteroatoms. The molecule has 0 saturated carbocycles. The highest BCUT2D eigenvalue weighted by Crippen LogP contribution is 2.16. The van der Waals surface area contributed by atoms with Gasteiger partial charge in [-0.25, -0.2) is 9.36 Å². The molecule has 1 atom stereocenters. The van der Waals surface area contributed by atoms with Crippen LogP contribution in [0.2, 0.25) is 0 Å². The first kappa shape index (κ1) is 11.7. The summed E-state index contributed by atoms with van der Waals surface area (Å²) >= 11 is 3.34. The number of rotatable bonds is 1. The molecule has 2 N–H and O–H groups in total. The first-order valence-corrected chi connectivity index (χ1v) is 6.63. The first-order chi connectivity index (χ1) is 8.66. The van der Waals surface area contributed by atoms with Crippen LogP contribution in [0.5, 0.6) is 0 Å². The SMILES string of the molecule is O=c1[nH]c2ccc(Br)cc2c(=O)n1C1CCCN1. The van der Waals surface area contributed by atoms with E-state index in [4.69, 9.17) is 0 Å². The van der Waals surface area contributed by atoms with Gasteiger partial charge in [-0.3, -0.25) is 10.1 Å². The maximum Gasteiger partial charge on any atom is 0.330 e. The van der Waals surface area contributed by atoms with E-state index in [1.165, 1.54) is 4.57 Å². The molecular formula is C12H12BrN3O2. The third-order valence-electron chi connectivity index (χ3n) is 3.24. The lowest BCUT2D eigenvalue weighted by Crippen LogP contribution is -2.41. The lowest BCUT2D eigenvalue weighted by molar-refractivity contribution is 0.439. The van der Waals surface area contributed by atoms with Gasteiger partial charge < -0.3 is 4.98 Å². The molecule has 5 nitrogen and oxygen atoms in total. The molecule has 94 valence electrons.